The molecule has 0 fully saturated rings. The lowest BCUT2D eigenvalue weighted by Gasteiger charge is -2.19. The van der Waals surface area contributed by atoms with Gasteiger partial charge in [-0.3, -0.25) is 9.59 Å². The highest BCUT2D eigenvalue weighted by molar-refractivity contribution is 5.91. The van der Waals surface area contributed by atoms with Crippen LogP contribution >= 0.6 is 0 Å². The molecule has 32 heavy (non-hydrogen) atoms. The molecule has 0 aliphatic heterocycles. The first-order valence-electron chi connectivity index (χ1n) is 9.97. The summed E-state index contributed by atoms with van der Waals surface area (Å²) in [5.41, 5.74) is 0.882. The predicted octanol–water partition coefficient (Wildman–Crippen LogP) is 2.98. The minimum Gasteiger partial charge on any atom is -0.480 e. The van der Waals surface area contributed by atoms with Gasteiger partial charge >= 0.3 is 5.97 Å². The molecule has 0 spiro atoms. The van der Waals surface area contributed by atoms with Gasteiger partial charge in [-0.2, -0.15) is 0 Å². The second-order valence-corrected chi connectivity index (χ2v) is 7.49. The average molecular weight is 440 g/mol. The van der Waals surface area contributed by atoms with Gasteiger partial charge in [0, 0.05) is 12.5 Å². The molecule has 0 saturated heterocycles. The van der Waals surface area contributed by atoms with Crippen molar-refractivity contribution in [1.29, 1.82) is 0 Å². The van der Waals surface area contributed by atoms with Gasteiger partial charge < -0.3 is 15.7 Å². The molecule has 0 unspecified atom stereocenters. The molecule has 3 N–H and O–H groups in total. The zero-order valence-electron chi connectivity index (χ0n) is 17.3. The van der Waals surface area contributed by atoms with E-state index in [0.717, 1.165) is 28.5 Å². The maximum atomic E-state index is 13.3. The molecule has 3 rings (SSSR count). The monoisotopic (exact) mass is 440 g/mol. The molecule has 0 aliphatic carbocycles. The molecule has 0 radical (unpaired) electrons. The van der Waals surface area contributed by atoms with Crippen molar-refractivity contribution >= 4 is 28.6 Å². The fourth-order valence-corrected chi connectivity index (χ4v) is 3.44. The van der Waals surface area contributed by atoms with Gasteiger partial charge in [-0.25, -0.2) is 13.6 Å². The Bertz CT molecular complexity index is 1140. The molecule has 0 bridgehead atoms. The summed E-state index contributed by atoms with van der Waals surface area (Å²) in [4.78, 5) is 36.4. The topological polar surface area (TPSA) is 95.5 Å². The first-order valence-corrected chi connectivity index (χ1v) is 9.97. The van der Waals surface area contributed by atoms with Crippen molar-refractivity contribution < 1.29 is 28.3 Å². The molecule has 166 valence electrons. The Balaban J connectivity index is 1.63. The zero-order valence-corrected chi connectivity index (χ0v) is 17.3. The van der Waals surface area contributed by atoms with E-state index in [1.165, 1.54) is 6.92 Å². The number of carboxylic acid groups (broad SMARTS) is 1. The van der Waals surface area contributed by atoms with Crippen LogP contribution in [0.15, 0.2) is 60.7 Å². The SMILES string of the molecule is C[C@H](NC(=O)Cc1cc(F)cc(F)c1)C(=O)N[C@@H](Cc1cccc2ccccc12)C(=O)O. The molecule has 0 aromatic heterocycles. The van der Waals surface area contributed by atoms with Gasteiger partial charge in [0.2, 0.25) is 11.8 Å². The standard InChI is InChI=1S/C24H22F2N2O4/c1-14(27-22(29)11-15-9-18(25)13-19(26)10-15)23(30)28-21(24(31)32)12-17-7-4-6-16-5-2-3-8-20(16)17/h2-10,13-14,21H,11-12H2,1H3,(H,27,29)(H,28,30)(H,31,32)/t14-,21-/m0/s1. The van der Waals surface area contributed by atoms with Crippen LogP contribution < -0.4 is 10.6 Å². The fraction of sp³-hybridized carbons (Fsp3) is 0.208. The number of rotatable bonds is 8. The van der Waals surface area contributed by atoms with E-state index >= 15 is 0 Å². The average Bonchev–Trinajstić information content (AvgIpc) is 2.72. The minimum atomic E-state index is -1.21. The summed E-state index contributed by atoms with van der Waals surface area (Å²) in [7, 11) is 0. The number of benzene rings is 3. The summed E-state index contributed by atoms with van der Waals surface area (Å²) < 4.78 is 26.5. The Kier molecular flexibility index (Phi) is 7.14. The van der Waals surface area contributed by atoms with E-state index in [0.29, 0.717) is 6.07 Å². The molecule has 8 heteroatoms. The molecular formula is C24H22F2N2O4. The number of hydrogen-bond acceptors (Lipinski definition) is 3. The number of hydrogen-bond donors (Lipinski definition) is 3. The van der Waals surface area contributed by atoms with Gasteiger partial charge in [0.1, 0.15) is 23.7 Å². The Morgan fingerprint density at radius 2 is 1.59 bits per heavy atom. The molecule has 6 nitrogen and oxygen atoms in total. The maximum absolute atomic E-state index is 13.3. The largest absolute Gasteiger partial charge is 0.480 e. The van der Waals surface area contributed by atoms with Crippen LogP contribution in [0, 0.1) is 11.6 Å². The van der Waals surface area contributed by atoms with Gasteiger partial charge in [-0.15, -0.1) is 0 Å². The number of carboxylic acids is 1. The minimum absolute atomic E-state index is 0.0612. The number of aliphatic carboxylic acids is 1. The van der Waals surface area contributed by atoms with Crippen molar-refractivity contribution in [3.8, 4) is 0 Å². The van der Waals surface area contributed by atoms with E-state index in [-0.39, 0.29) is 18.4 Å². The van der Waals surface area contributed by atoms with Crippen LogP contribution in [0.1, 0.15) is 18.1 Å². The van der Waals surface area contributed by atoms with Crippen LogP contribution in [0.2, 0.25) is 0 Å². The Labute approximate surface area is 183 Å². The molecule has 0 aliphatic rings. The third-order valence-electron chi connectivity index (χ3n) is 4.98. The van der Waals surface area contributed by atoms with Crippen molar-refractivity contribution in [2.24, 2.45) is 0 Å². The molecule has 2 amide bonds. The van der Waals surface area contributed by atoms with E-state index in [9.17, 15) is 28.3 Å². The second-order valence-electron chi connectivity index (χ2n) is 7.49. The first-order chi connectivity index (χ1) is 15.2. The van der Waals surface area contributed by atoms with Crippen molar-refractivity contribution in [3.63, 3.8) is 0 Å². The lowest BCUT2D eigenvalue weighted by atomic mass is 9.98. The van der Waals surface area contributed by atoms with Crippen LogP contribution in [-0.4, -0.2) is 35.0 Å². The van der Waals surface area contributed by atoms with Crippen LogP contribution in [0.5, 0.6) is 0 Å². The smallest absolute Gasteiger partial charge is 0.326 e. The lowest BCUT2D eigenvalue weighted by molar-refractivity contribution is -0.142. The summed E-state index contributed by atoms with van der Waals surface area (Å²) >= 11 is 0. The van der Waals surface area contributed by atoms with Crippen molar-refractivity contribution in [2.45, 2.75) is 31.8 Å². The van der Waals surface area contributed by atoms with Crippen LogP contribution in [0.25, 0.3) is 10.8 Å². The van der Waals surface area contributed by atoms with Gasteiger partial charge in [-0.05, 0) is 41.0 Å². The van der Waals surface area contributed by atoms with Crippen LogP contribution in [0.3, 0.4) is 0 Å². The van der Waals surface area contributed by atoms with E-state index in [2.05, 4.69) is 10.6 Å². The second kappa shape index (κ2) is 10.00. The maximum Gasteiger partial charge on any atom is 0.326 e. The predicted molar refractivity (Wildman–Crippen MR) is 115 cm³/mol. The van der Waals surface area contributed by atoms with Gasteiger partial charge in [0.05, 0.1) is 6.42 Å². The molecule has 3 aromatic rings. The van der Waals surface area contributed by atoms with Crippen molar-refractivity contribution in [3.05, 3.63) is 83.4 Å². The summed E-state index contributed by atoms with van der Waals surface area (Å²) in [6, 6.07) is 13.5. The van der Waals surface area contributed by atoms with Crippen molar-refractivity contribution in [1.82, 2.24) is 10.6 Å². The molecule has 3 aromatic carbocycles. The van der Waals surface area contributed by atoms with Gasteiger partial charge in [-0.1, -0.05) is 42.5 Å². The van der Waals surface area contributed by atoms with E-state index in [4.69, 9.17) is 0 Å². The highest BCUT2D eigenvalue weighted by Gasteiger charge is 2.25. The molecule has 0 saturated carbocycles. The summed E-state index contributed by atoms with van der Waals surface area (Å²) in [5.74, 6) is -4.14. The quantitative estimate of drug-likeness (QED) is 0.502. The molecule has 0 heterocycles. The van der Waals surface area contributed by atoms with Crippen LogP contribution in [0.4, 0.5) is 8.78 Å². The zero-order chi connectivity index (χ0) is 23.3. The lowest BCUT2D eigenvalue weighted by Crippen LogP contribution is -2.51. The summed E-state index contributed by atoms with van der Waals surface area (Å²) in [6.45, 7) is 1.40. The Morgan fingerprint density at radius 1 is 0.938 bits per heavy atom. The van der Waals surface area contributed by atoms with Crippen LogP contribution in [-0.2, 0) is 27.2 Å². The number of carbonyl (C=O) groups is 3. The van der Waals surface area contributed by atoms with Crippen molar-refractivity contribution in [2.75, 3.05) is 0 Å². The van der Waals surface area contributed by atoms with E-state index < -0.39 is 41.5 Å². The highest BCUT2D eigenvalue weighted by Crippen LogP contribution is 2.20. The number of carbonyl (C=O) groups excluding carboxylic acids is 2. The van der Waals surface area contributed by atoms with E-state index in [1.54, 1.807) is 6.07 Å². The Hall–Kier alpha value is -3.81. The molecular weight excluding hydrogens is 418 g/mol. The third-order valence-corrected chi connectivity index (χ3v) is 4.98. The van der Waals surface area contributed by atoms with Gasteiger partial charge in [0.15, 0.2) is 0 Å². The third kappa shape index (κ3) is 5.87. The number of amides is 2. The van der Waals surface area contributed by atoms with E-state index in [1.807, 2.05) is 36.4 Å². The number of nitrogens with one attached hydrogen (secondary N) is 2. The summed E-state index contributed by atoms with van der Waals surface area (Å²) in [6.07, 6.45) is -0.268. The van der Waals surface area contributed by atoms with Gasteiger partial charge in [0.25, 0.3) is 0 Å². The normalized spacial score (nSPS) is 12.7. The Morgan fingerprint density at radius 3 is 2.28 bits per heavy atom. The fourth-order valence-electron chi connectivity index (χ4n) is 3.44. The number of halogens is 2. The number of fused-ring (bicyclic) bond motifs is 1. The first kappa shape index (κ1) is 22.9. The summed E-state index contributed by atoms with van der Waals surface area (Å²) in [5, 5.41) is 16.3. The molecule has 2 atom stereocenters. The highest BCUT2D eigenvalue weighted by atomic mass is 19.1.